The summed E-state index contributed by atoms with van der Waals surface area (Å²) in [5.74, 6) is -0.182. The first-order valence-corrected chi connectivity index (χ1v) is 7.33. The topological polar surface area (TPSA) is 55.8 Å². The Labute approximate surface area is 137 Å². The number of phenolic OH excluding ortho intramolecular Hbond substituents is 1. The maximum atomic E-state index is 12.3. The van der Waals surface area contributed by atoms with Gasteiger partial charge in [0.25, 0.3) is 0 Å². The minimum absolute atomic E-state index is 0.000158. The molecule has 0 aliphatic carbocycles. The van der Waals surface area contributed by atoms with Gasteiger partial charge in [0.1, 0.15) is 17.1 Å². The summed E-state index contributed by atoms with van der Waals surface area (Å²) >= 11 is 3.35. The van der Waals surface area contributed by atoms with Crippen LogP contribution >= 0.6 is 15.9 Å². The van der Waals surface area contributed by atoms with Crippen LogP contribution in [0, 0.1) is 0 Å². The highest BCUT2D eigenvalue weighted by molar-refractivity contribution is 9.10. The molecule has 2 aromatic rings. The van der Waals surface area contributed by atoms with Gasteiger partial charge in [-0.25, -0.2) is 0 Å². The van der Waals surface area contributed by atoms with E-state index < -0.39 is 0 Å². The second-order valence-electron chi connectivity index (χ2n) is 4.45. The molecule has 2 rings (SSSR count). The normalized spacial score (nSPS) is 10.8. The van der Waals surface area contributed by atoms with Crippen molar-refractivity contribution in [2.75, 3.05) is 13.9 Å². The zero-order valence-corrected chi connectivity index (χ0v) is 13.5. The fraction of sp³-hybridized carbons (Fsp3) is 0.118. The summed E-state index contributed by atoms with van der Waals surface area (Å²) < 4.78 is 11.1. The molecular formula is C17H15BrO4. The lowest BCUT2D eigenvalue weighted by atomic mass is 10.1. The maximum Gasteiger partial charge on any atom is 0.193 e. The first kappa shape index (κ1) is 16.3. The van der Waals surface area contributed by atoms with Gasteiger partial charge in [-0.2, -0.15) is 0 Å². The van der Waals surface area contributed by atoms with Crippen molar-refractivity contribution < 1.29 is 19.4 Å². The molecule has 0 spiro atoms. The van der Waals surface area contributed by atoms with Crippen molar-refractivity contribution >= 4 is 27.8 Å². The van der Waals surface area contributed by atoms with Crippen LogP contribution < -0.4 is 4.74 Å². The van der Waals surface area contributed by atoms with Gasteiger partial charge in [-0.05, 0) is 35.9 Å². The number of phenols is 1. The van der Waals surface area contributed by atoms with Crippen molar-refractivity contribution in [3.63, 3.8) is 0 Å². The molecule has 0 saturated heterocycles. The molecule has 5 heteroatoms. The van der Waals surface area contributed by atoms with Crippen LogP contribution in [0.5, 0.6) is 11.5 Å². The molecular weight excluding hydrogens is 348 g/mol. The number of methoxy groups -OCH3 is 1. The number of hydrogen-bond donors (Lipinski definition) is 1. The Kier molecular flexibility index (Phi) is 5.75. The molecule has 0 radical (unpaired) electrons. The van der Waals surface area contributed by atoms with E-state index in [-0.39, 0.29) is 29.6 Å². The molecule has 0 unspecified atom stereocenters. The second-order valence-corrected chi connectivity index (χ2v) is 5.37. The van der Waals surface area contributed by atoms with Crippen LogP contribution in [0.2, 0.25) is 0 Å². The fourth-order valence-corrected chi connectivity index (χ4v) is 2.10. The number of carbonyl (C=O) groups is 1. The number of benzene rings is 2. The maximum absolute atomic E-state index is 12.3. The monoisotopic (exact) mass is 362 g/mol. The van der Waals surface area contributed by atoms with E-state index in [1.807, 2.05) is 24.3 Å². The molecule has 114 valence electrons. The third kappa shape index (κ3) is 4.19. The minimum Gasteiger partial charge on any atom is -0.507 e. The predicted molar refractivity (Wildman–Crippen MR) is 88.1 cm³/mol. The van der Waals surface area contributed by atoms with Crippen LogP contribution in [0.1, 0.15) is 15.9 Å². The Morgan fingerprint density at radius 3 is 2.64 bits per heavy atom. The summed E-state index contributed by atoms with van der Waals surface area (Å²) in [4.78, 5) is 12.3. The van der Waals surface area contributed by atoms with Crippen LogP contribution in [0.4, 0.5) is 0 Å². The molecule has 0 atom stereocenters. The molecule has 0 aliphatic heterocycles. The molecule has 22 heavy (non-hydrogen) atoms. The van der Waals surface area contributed by atoms with Crippen LogP contribution in [0.25, 0.3) is 6.08 Å². The quantitative estimate of drug-likeness (QED) is 0.478. The summed E-state index contributed by atoms with van der Waals surface area (Å²) in [6, 6.07) is 12.2. The Morgan fingerprint density at radius 2 is 1.95 bits per heavy atom. The number of carbonyl (C=O) groups excluding carboxylic acids is 1. The smallest absolute Gasteiger partial charge is 0.193 e. The van der Waals surface area contributed by atoms with Gasteiger partial charge in [0.05, 0.1) is 0 Å². The minimum atomic E-state index is -0.341. The van der Waals surface area contributed by atoms with Crippen LogP contribution in [-0.4, -0.2) is 24.8 Å². The van der Waals surface area contributed by atoms with Gasteiger partial charge < -0.3 is 14.6 Å². The Morgan fingerprint density at radius 1 is 1.23 bits per heavy atom. The van der Waals surface area contributed by atoms with E-state index in [1.54, 1.807) is 18.2 Å². The van der Waals surface area contributed by atoms with Gasteiger partial charge in [-0.1, -0.05) is 40.2 Å². The first-order chi connectivity index (χ1) is 10.6. The molecule has 4 nitrogen and oxygen atoms in total. The van der Waals surface area contributed by atoms with E-state index in [2.05, 4.69) is 15.9 Å². The number of hydrogen-bond acceptors (Lipinski definition) is 4. The molecule has 0 heterocycles. The van der Waals surface area contributed by atoms with Crippen molar-refractivity contribution in [3.8, 4) is 11.5 Å². The number of rotatable bonds is 6. The van der Waals surface area contributed by atoms with Crippen molar-refractivity contribution in [1.82, 2.24) is 0 Å². The van der Waals surface area contributed by atoms with Crippen LogP contribution in [0.15, 0.2) is 53.0 Å². The Balaban J connectivity index is 2.23. The Hall–Kier alpha value is -2.11. The number of allylic oxidation sites excluding steroid dienone is 1. The van der Waals surface area contributed by atoms with Gasteiger partial charge in [-0.3, -0.25) is 4.79 Å². The highest BCUT2D eigenvalue weighted by Gasteiger charge is 2.15. The summed E-state index contributed by atoms with van der Waals surface area (Å²) in [6.07, 6.45) is 3.08. The largest absolute Gasteiger partial charge is 0.507 e. The summed E-state index contributed by atoms with van der Waals surface area (Å²) in [5.41, 5.74) is 0.999. The first-order valence-electron chi connectivity index (χ1n) is 6.53. The molecule has 2 aromatic carbocycles. The van der Waals surface area contributed by atoms with E-state index >= 15 is 0 Å². The second kappa shape index (κ2) is 7.77. The molecule has 0 saturated carbocycles. The lowest BCUT2D eigenvalue weighted by Gasteiger charge is -2.10. The van der Waals surface area contributed by atoms with Crippen LogP contribution in [-0.2, 0) is 4.74 Å². The fourth-order valence-electron chi connectivity index (χ4n) is 1.84. The van der Waals surface area contributed by atoms with E-state index in [0.29, 0.717) is 0 Å². The van der Waals surface area contributed by atoms with Crippen LogP contribution in [0.3, 0.4) is 0 Å². The SMILES string of the molecule is COCOc1cccc(O)c1C(=O)C=Cc1ccc(Br)cc1. The standard InChI is InChI=1S/C17H15BrO4/c1-21-11-22-16-4-2-3-14(19)17(16)15(20)10-7-12-5-8-13(18)9-6-12/h2-10,19H,11H2,1H3. The summed E-state index contributed by atoms with van der Waals surface area (Å²) in [6.45, 7) is 0.000158. The predicted octanol–water partition coefficient (Wildman–Crippen LogP) is 4.03. The Bertz CT molecular complexity index is 678. The number of aromatic hydroxyl groups is 1. The molecule has 1 N–H and O–H groups in total. The van der Waals surface area contributed by atoms with Gasteiger partial charge >= 0.3 is 0 Å². The van der Waals surface area contributed by atoms with E-state index in [0.717, 1.165) is 10.0 Å². The molecule has 0 amide bonds. The molecule has 0 aliphatic rings. The van der Waals surface area contributed by atoms with Gasteiger partial charge in [0.15, 0.2) is 12.6 Å². The average molecular weight is 363 g/mol. The number of halogens is 1. The van der Waals surface area contributed by atoms with Gasteiger partial charge in [0.2, 0.25) is 0 Å². The third-order valence-corrected chi connectivity index (χ3v) is 3.41. The van der Waals surface area contributed by atoms with E-state index in [9.17, 15) is 9.90 Å². The van der Waals surface area contributed by atoms with E-state index in [1.165, 1.54) is 19.3 Å². The summed E-state index contributed by atoms with van der Waals surface area (Å²) in [5, 5.41) is 9.91. The van der Waals surface area contributed by atoms with E-state index in [4.69, 9.17) is 9.47 Å². The highest BCUT2D eigenvalue weighted by atomic mass is 79.9. The van der Waals surface area contributed by atoms with Crippen molar-refractivity contribution in [2.24, 2.45) is 0 Å². The van der Waals surface area contributed by atoms with Crippen molar-refractivity contribution in [2.45, 2.75) is 0 Å². The lowest BCUT2D eigenvalue weighted by Crippen LogP contribution is -2.05. The lowest BCUT2D eigenvalue weighted by molar-refractivity contribution is 0.0502. The zero-order valence-electron chi connectivity index (χ0n) is 12.0. The zero-order chi connectivity index (χ0) is 15.9. The van der Waals surface area contributed by atoms with Gasteiger partial charge in [0, 0.05) is 11.6 Å². The van der Waals surface area contributed by atoms with Gasteiger partial charge in [-0.15, -0.1) is 0 Å². The molecule has 0 aromatic heterocycles. The molecule has 0 bridgehead atoms. The van der Waals surface area contributed by atoms with Crippen molar-refractivity contribution in [3.05, 3.63) is 64.1 Å². The third-order valence-electron chi connectivity index (χ3n) is 2.88. The number of ketones is 1. The molecule has 0 fully saturated rings. The average Bonchev–Trinajstić information content (AvgIpc) is 2.52. The highest BCUT2D eigenvalue weighted by Crippen LogP contribution is 2.28. The number of ether oxygens (including phenoxy) is 2. The summed E-state index contributed by atoms with van der Waals surface area (Å²) in [7, 11) is 1.48. The van der Waals surface area contributed by atoms with Crippen molar-refractivity contribution in [1.29, 1.82) is 0 Å².